The molecule has 0 aromatic carbocycles. The van der Waals surface area contributed by atoms with Crippen molar-refractivity contribution in [3.63, 3.8) is 0 Å². The molecule has 2 heteroatoms. The molecule has 0 N–H and O–H groups in total. The summed E-state index contributed by atoms with van der Waals surface area (Å²) in [5, 5.41) is 0.329. The van der Waals surface area contributed by atoms with Gasteiger partial charge in [-0.2, -0.15) is 0 Å². The molecule has 1 rings (SSSR count). The minimum absolute atomic E-state index is 0.329. The van der Waals surface area contributed by atoms with E-state index in [9.17, 15) is 0 Å². The first kappa shape index (κ1) is 7.36. The molecule has 2 atom stereocenters. The predicted octanol–water partition coefficient (Wildman–Crippen LogP) is 2.18. The van der Waals surface area contributed by atoms with Crippen molar-refractivity contribution in [1.82, 2.24) is 0 Å². The van der Waals surface area contributed by atoms with Gasteiger partial charge in [-0.15, -0.1) is 11.6 Å². The Morgan fingerprint density at radius 2 is 2.44 bits per heavy atom. The summed E-state index contributed by atoms with van der Waals surface area (Å²) < 4.78 is 5.22. The maximum absolute atomic E-state index is 5.89. The van der Waals surface area contributed by atoms with Gasteiger partial charge in [0, 0.05) is 12.0 Å². The first-order valence-electron chi connectivity index (χ1n) is 3.58. The lowest BCUT2D eigenvalue weighted by Gasteiger charge is -2.27. The molecule has 1 aliphatic rings. The van der Waals surface area contributed by atoms with Gasteiger partial charge in [-0.3, -0.25) is 0 Å². The van der Waals surface area contributed by atoms with Gasteiger partial charge in [0.15, 0.2) is 0 Å². The SMILES string of the molecule is CCC(Cl)CC1CCO1. The van der Waals surface area contributed by atoms with Crippen LogP contribution in [-0.4, -0.2) is 18.1 Å². The summed E-state index contributed by atoms with van der Waals surface area (Å²) in [6.45, 7) is 3.05. The van der Waals surface area contributed by atoms with E-state index in [1.54, 1.807) is 0 Å². The summed E-state index contributed by atoms with van der Waals surface area (Å²) >= 11 is 5.89. The lowest BCUT2D eigenvalue weighted by atomic mass is 10.1. The Labute approximate surface area is 61.3 Å². The van der Waals surface area contributed by atoms with E-state index in [1.165, 1.54) is 6.42 Å². The second-order valence-corrected chi connectivity index (χ2v) is 3.14. The second kappa shape index (κ2) is 3.43. The minimum atomic E-state index is 0.329. The highest BCUT2D eigenvalue weighted by Gasteiger charge is 2.20. The highest BCUT2D eigenvalue weighted by atomic mass is 35.5. The first-order valence-corrected chi connectivity index (χ1v) is 4.02. The van der Waals surface area contributed by atoms with E-state index in [-0.39, 0.29) is 0 Å². The van der Waals surface area contributed by atoms with Crippen LogP contribution < -0.4 is 0 Å². The molecule has 0 saturated carbocycles. The van der Waals surface area contributed by atoms with E-state index in [1.807, 2.05) is 0 Å². The van der Waals surface area contributed by atoms with Gasteiger partial charge in [0.1, 0.15) is 0 Å². The van der Waals surface area contributed by atoms with Crippen LogP contribution >= 0.6 is 11.6 Å². The summed E-state index contributed by atoms with van der Waals surface area (Å²) in [5.41, 5.74) is 0. The molecule has 0 aromatic heterocycles. The molecular formula is C7H13ClO. The smallest absolute Gasteiger partial charge is 0.0611 e. The van der Waals surface area contributed by atoms with Crippen LogP contribution in [0.3, 0.4) is 0 Å². The van der Waals surface area contributed by atoms with Crippen LogP contribution in [-0.2, 0) is 4.74 Å². The van der Waals surface area contributed by atoms with Gasteiger partial charge >= 0.3 is 0 Å². The van der Waals surface area contributed by atoms with Crippen molar-refractivity contribution in [2.24, 2.45) is 0 Å². The average molecular weight is 149 g/mol. The van der Waals surface area contributed by atoms with Crippen molar-refractivity contribution in [2.75, 3.05) is 6.61 Å². The fourth-order valence-corrected chi connectivity index (χ4v) is 1.12. The molecule has 0 bridgehead atoms. The standard InChI is InChI=1S/C7H13ClO/c1-2-6(8)5-7-3-4-9-7/h6-7H,2-5H2,1H3. The van der Waals surface area contributed by atoms with E-state index in [4.69, 9.17) is 16.3 Å². The molecule has 0 spiro atoms. The summed E-state index contributed by atoms with van der Waals surface area (Å²) in [4.78, 5) is 0. The molecule has 1 nitrogen and oxygen atoms in total. The van der Waals surface area contributed by atoms with Crippen LogP contribution in [0.1, 0.15) is 26.2 Å². The van der Waals surface area contributed by atoms with Crippen molar-refractivity contribution in [3.8, 4) is 0 Å². The zero-order chi connectivity index (χ0) is 6.69. The Kier molecular flexibility index (Phi) is 2.80. The summed E-state index contributed by atoms with van der Waals surface area (Å²) in [6.07, 6.45) is 3.79. The van der Waals surface area contributed by atoms with Gasteiger partial charge in [-0.1, -0.05) is 6.92 Å². The lowest BCUT2D eigenvalue weighted by molar-refractivity contribution is -0.0547. The lowest BCUT2D eigenvalue weighted by Crippen LogP contribution is -2.29. The minimum Gasteiger partial charge on any atom is -0.378 e. The average Bonchev–Trinajstić information content (AvgIpc) is 1.78. The second-order valence-electron chi connectivity index (χ2n) is 2.52. The van der Waals surface area contributed by atoms with Crippen molar-refractivity contribution >= 4 is 11.6 Å². The van der Waals surface area contributed by atoms with E-state index >= 15 is 0 Å². The molecule has 1 fully saturated rings. The van der Waals surface area contributed by atoms with Gasteiger partial charge in [0.05, 0.1) is 6.10 Å². The Balaban J connectivity index is 2.01. The molecule has 2 unspecified atom stereocenters. The summed E-state index contributed by atoms with van der Waals surface area (Å²) in [7, 11) is 0. The van der Waals surface area contributed by atoms with Crippen molar-refractivity contribution in [3.05, 3.63) is 0 Å². The van der Waals surface area contributed by atoms with Gasteiger partial charge in [-0.05, 0) is 19.3 Å². The highest BCUT2D eigenvalue weighted by Crippen LogP contribution is 2.20. The monoisotopic (exact) mass is 148 g/mol. The Morgan fingerprint density at radius 1 is 1.78 bits per heavy atom. The fraction of sp³-hybridized carbons (Fsp3) is 1.00. The van der Waals surface area contributed by atoms with Crippen LogP contribution in [0, 0.1) is 0 Å². The number of halogens is 1. The van der Waals surface area contributed by atoms with Crippen molar-refractivity contribution in [2.45, 2.75) is 37.7 Å². The van der Waals surface area contributed by atoms with E-state index in [0.717, 1.165) is 19.4 Å². The zero-order valence-electron chi connectivity index (χ0n) is 5.77. The first-order chi connectivity index (χ1) is 4.33. The summed E-state index contributed by atoms with van der Waals surface area (Å²) in [6, 6.07) is 0. The van der Waals surface area contributed by atoms with Crippen LogP contribution in [0.4, 0.5) is 0 Å². The molecular weight excluding hydrogens is 136 g/mol. The van der Waals surface area contributed by atoms with Crippen LogP contribution in [0.2, 0.25) is 0 Å². The van der Waals surface area contributed by atoms with Crippen LogP contribution in [0.15, 0.2) is 0 Å². The van der Waals surface area contributed by atoms with Gasteiger partial charge in [0.25, 0.3) is 0 Å². The number of alkyl halides is 1. The molecule has 1 aliphatic heterocycles. The van der Waals surface area contributed by atoms with Gasteiger partial charge in [0.2, 0.25) is 0 Å². The van der Waals surface area contributed by atoms with E-state index in [0.29, 0.717) is 11.5 Å². The third-order valence-electron chi connectivity index (χ3n) is 1.76. The predicted molar refractivity (Wildman–Crippen MR) is 38.9 cm³/mol. The van der Waals surface area contributed by atoms with Crippen LogP contribution in [0.5, 0.6) is 0 Å². The zero-order valence-corrected chi connectivity index (χ0v) is 6.53. The number of rotatable bonds is 3. The van der Waals surface area contributed by atoms with E-state index < -0.39 is 0 Å². The summed E-state index contributed by atoms with van der Waals surface area (Å²) in [5.74, 6) is 0. The van der Waals surface area contributed by atoms with Gasteiger partial charge in [-0.25, -0.2) is 0 Å². The third-order valence-corrected chi connectivity index (χ3v) is 2.24. The number of hydrogen-bond donors (Lipinski definition) is 0. The quantitative estimate of drug-likeness (QED) is 0.558. The molecule has 0 radical (unpaired) electrons. The van der Waals surface area contributed by atoms with Crippen molar-refractivity contribution < 1.29 is 4.74 Å². The highest BCUT2D eigenvalue weighted by molar-refractivity contribution is 6.20. The Bertz CT molecular complexity index is 78.2. The molecule has 1 heterocycles. The molecule has 9 heavy (non-hydrogen) atoms. The van der Waals surface area contributed by atoms with Gasteiger partial charge < -0.3 is 4.74 Å². The molecule has 0 amide bonds. The molecule has 0 aliphatic carbocycles. The van der Waals surface area contributed by atoms with Crippen molar-refractivity contribution in [1.29, 1.82) is 0 Å². The normalized spacial score (nSPS) is 29.3. The maximum atomic E-state index is 5.89. The topological polar surface area (TPSA) is 9.23 Å². The molecule has 54 valence electrons. The largest absolute Gasteiger partial charge is 0.378 e. The maximum Gasteiger partial charge on any atom is 0.0611 e. The Morgan fingerprint density at radius 3 is 2.78 bits per heavy atom. The molecule has 1 saturated heterocycles. The number of hydrogen-bond acceptors (Lipinski definition) is 1. The molecule has 0 aromatic rings. The van der Waals surface area contributed by atoms with E-state index in [2.05, 4.69) is 6.92 Å². The fourth-order valence-electron chi connectivity index (χ4n) is 0.922. The number of ether oxygens (including phenoxy) is 1. The van der Waals surface area contributed by atoms with Crippen LogP contribution in [0.25, 0.3) is 0 Å². The third kappa shape index (κ3) is 2.15. The Hall–Kier alpha value is 0.250.